The minimum atomic E-state index is -0.865. The lowest BCUT2D eigenvalue weighted by molar-refractivity contribution is -0.161. The van der Waals surface area contributed by atoms with E-state index in [2.05, 4.69) is 10.3 Å². The Morgan fingerprint density at radius 3 is 2.57 bits per heavy atom. The van der Waals surface area contributed by atoms with Gasteiger partial charge in [0.05, 0.1) is 12.0 Å². The normalized spacial score (nSPS) is 17.5. The van der Waals surface area contributed by atoms with Crippen LogP contribution in [0.2, 0.25) is 0 Å². The van der Waals surface area contributed by atoms with Gasteiger partial charge < -0.3 is 25.7 Å². The molecule has 0 aliphatic carbocycles. The number of hydrogen-bond acceptors (Lipinski definition) is 5. The van der Waals surface area contributed by atoms with Crippen LogP contribution >= 0.6 is 0 Å². The number of nitrogens with one attached hydrogen (secondary N) is 2. The second-order valence-corrected chi connectivity index (χ2v) is 11.0. The van der Waals surface area contributed by atoms with Crippen LogP contribution in [0.25, 0.3) is 10.9 Å². The minimum Gasteiger partial charge on any atom is -0.466 e. The number of nitrogens with zero attached hydrogens (tertiary/aromatic N) is 1. The van der Waals surface area contributed by atoms with Gasteiger partial charge in [-0.25, -0.2) is 0 Å². The number of benzene rings is 3. The molecule has 218 valence electrons. The molecule has 2 atom stereocenters. The van der Waals surface area contributed by atoms with Crippen molar-refractivity contribution in [3.63, 3.8) is 0 Å². The molecule has 2 heterocycles. The molecule has 0 bridgehead atoms. The van der Waals surface area contributed by atoms with E-state index in [1.54, 1.807) is 30.0 Å². The van der Waals surface area contributed by atoms with E-state index in [0.717, 1.165) is 27.6 Å². The van der Waals surface area contributed by atoms with Crippen LogP contribution in [0.4, 0.5) is 0 Å². The van der Waals surface area contributed by atoms with E-state index in [9.17, 15) is 14.4 Å². The fourth-order valence-electron chi connectivity index (χ4n) is 6.00. The van der Waals surface area contributed by atoms with Crippen LogP contribution in [-0.2, 0) is 33.7 Å². The summed E-state index contributed by atoms with van der Waals surface area (Å²) >= 11 is 0. The fraction of sp³-hybridized carbons (Fsp3) is 0.324. The van der Waals surface area contributed by atoms with Gasteiger partial charge in [-0.2, -0.15) is 0 Å². The first-order valence-electron chi connectivity index (χ1n) is 14.6. The molecule has 4 N–H and O–H groups in total. The minimum absolute atomic E-state index is 0.218. The molecular formula is C34H38N4O4. The second-order valence-electron chi connectivity index (χ2n) is 11.0. The third kappa shape index (κ3) is 6.39. The van der Waals surface area contributed by atoms with E-state index in [0.29, 0.717) is 44.3 Å². The molecule has 1 aliphatic heterocycles. The van der Waals surface area contributed by atoms with E-state index in [1.807, 2.05) is 66.9 Å². The van der Waals surface area contributed by atoms with E-state index < -0.39 is 11.5 Å². The van der Waals surface area contributed by atoms with E-state index in [4.69, 9.17) is 10.5 Å². The molecular weight excluding hydrogens is 528 g/mol. The third-order valence-electron chi connectivity index (χ3n) is 8.11. The van der Waals surface area contributed by atoms with Crippen molar-refractivity contribution in [1.82, 2.24) is 15.2 Å². The van der Waals surface area contributed by atoms with Crippen molar-refractivity contribution >= 4 is 28.7 Å². The van der Waals surface area contributed by atoms with Crippen molar-refractivity contribution in [3.05, 3.63) is 107 Å². The van der Waals surface area contributed by atoms with Crippen molar-refractivity contribution in [2.75, 3.05) is 19.7 Å². The number of amides is 2. The maximum absolute atomic E-state index is 14.3. The zero-order valence-corrected chi connectivity index (χ0v) is 24.0. The van der Waals surface area contributed by atoms with Crippen LogP contribution in [-0.4, -0.2) is 53.4 Å². The Balaban J connectivity index is 1.45. The van der Waals surface area contributed by atoms with Crippen molar-refractivity contribution < 1.29 is 19.1 Å². The zero-order chi connectivity index (χ0) is 29.5. The molecule has 1 aliphatic rings. The maximum atomic E-state index is 14.3. The smallest absolute Gasteiger partial charge is 0.314 e. The predicted molar refractivity (Wildman–Crippen MR) is 163 cm³/mol. The number of fused-ring (bicyclic) bond motifs is 1. The largest absolute Gasteiger partial charge is 0.466 e. The third-order valence-corrected chi connectivity index (χ3v) is 8.11. The summed E-state index contributed by atoms with van der Waals surface area (Å²) in [5.41, 5.74) is 9.12. The first-order chi connectivity index (χ1) is 20.4. The molecule has 8 nitrogen and oxygen atoms in total. The van der Waals surface area contributed by atoms with Crippen molar-refractivity contribution in [2.24, 2.45) is 11.1 Å². The van der Waals surface area contributed by atoms with Crippen molar-refractivity contribution in [2.45, 2.75) is 45.2 Å². The number of esters is 1. The Bertz CT molecular complexity index is 1550. The summed E-state index contributed by atoms with van der Waals surface area (Å²) < 4.78 is 5.56. The number of ether oxygens (including phenoxy) is 1. The fourth-order valence-corrected chi connectivity index (χ4v) is 6.00. The number of piperidine rings is 1. The lowest BCUT2D eigenvalue weighted by Crippen LogP contribution is -2.57. The number of carbonyl (C=O) groups excluding carboxylic acids is 3. The first kappa shape index (κ1) is 29.1. The molecule has 42 heavy (non-hydrogen) atoms. The number of carbonyl (C=O) groups is 3. The van der Waals surface area contributed by atoms with Gasteiger partial charge in [-0.3, -0.25) is 14.4 Å². The second kappa shape index (κ2) is 13.0. The van der Waals surface area contributed by atoms with Crippen LogP contribution < -0.4 is 11.1 Å². The molecule has 8 heteroatoms. The molecule has 2 amide bonds. The number of H-pyrrole nitrogens is 1. The van der Waals surface area contributed by atoms with Gasteiger partial charge in [-0.15, -0.1) is 0 Å². The highest BCUT2D eigenvalue weighted by Crippen LogP contribution is 2.36. The van der Waals surface area contributed by atoms with Crippen LogP contribution in [0, 0.1) is 5.41 Å². The van der Waals surface area contributed by atoms with Crippen molar-refractivity contribution in [3.8, 4) is 0 Å². The van der Waals surface area contributed by atoms with Gasteiger partial charge in [0, 0.05) is 48.7 Å². The number of likely N-dealkylation sites (tertiary alicyclic amines) is 1. The lowest BCUT2D eigenvalue weighted by atomic mass is 9.75. The SMILES string of the molecule is CCOC(=O)[C@]1(Cc2ccccc2)CCCN(C(=O)C(Cc2c[nH]c3ccccc23)NC(=O)c2cccc(CN)c2)C1. The van der Waals surface area contributed by atoms with Gasteiger partial charge >= 0.3 is 5.97 Å². The molecule has 0 spiro atoms. The molecule has 3 aromatic carbocycles. The molecule has 0 saturated carbocycles. The Labute approximate surface area is 246 Å². The maximum Gasteiger partial charge on any atom is 0.314 e. The number of hydrogen-bond donors (Lipinski definition) is 3. The number of aromatic nitrogens is 1. The number of aromatic amines is 1. The summed E-state index contributed by atoms with van der Waals surface area (Å²) in [5, 5.41) is 4.01. The Hall–Kier alpha value is -4.43. The van der Waals surface area contributed by atoms with Gasteiger partial charge in [0.2, 0.25) is 5.91 Å². The van der Waals surface area contributed by atoms with E-state index >= 15 is 0 Å². The van der Waals surface area contributed by atoms with Crippen LogP contribution in [0.5, 0.6) is 0 Å². The van der Waals surface area contributed by atoms with Gasteiger partial charge in [0.25, 0.3) is 5.91 Å². The summed E-state index contributed by atoms with van der Waals surface area (Å²) in [6, 6.07) is 24.0. The monoisotopic (exact) mass is 566 g/mol. The van der Waals surface area contributed by atoms with Crippen LogP contribution in [0.1, 0.15) is 46.8 Å². The Kier molecular flexibility index (Phi) is 9.03. The Morgan fingerprint density at radius 1 is 1.02 bits per heavy atom. The van der Waals surface area contributed by atoms with E-state index in [-0.39, 0.29) is 30.9 Å². The quantitative estimate of drug-likeness (QED) is 0.246. The first-order valence-corrected chi connectivity index (χ1v) is 14.6. The summed E-state index contributed by atoms with van der Waals surface area (Å²) in [6.07, 6.45) is 3.94. The zero-order valence-electron chi connectivity index (χ0n) is 24.0. The van der Waals surface area contributed by atoms with Crippen molar-refractivity contribution in [1.29, 1.82) is 0 Å². The molecule has 0 radical (unpaired) electrons. The molecule has 1 fully saturated rings. The topological polar surface area (TPSA) is 118 Å². The number of nitrogens with two attached hydrogens (primary N) is 1. The molecule has 5 rings (SSSR count). The van der Waals surface area contributed by atoms with Gasteiger partial charge in [0.1, 0.15) is 6.04 Å². The predicted octanol–water partition coefficient (Wildman–Crippen LogP) is 4.38. The summed E-state index contributed by atoms with van der Waals surface area (Å²) in [7, 11) is 0. The highest BCUT2D eigenvalue weighted by Gasteiger charge is 2.45. The number of rotatable bonds is 10. The summed E-state index contributed by atoms with van der Waals surface area (Å²) in [4.78, 5) is 46.2. The average Bonchev–Trinajstić information content (AvgIpc) is 3.43. The van der Waals surface area contributed by atoms with Gasteiger partial charge in [-0.05, 0) is 61.1 Å². The molecule has 1 aromatic heterocycles. The van der Waals surface area contributed by atoms with Crippen LogP contribution in [0.15, 0.2) is 85.1 Å². The highest BCUT2D eigenvalue weighted by molar-refractivity contribution is 5.98. The van der Waals surface area contributed by atoms with Crippen LogP contribution in [0.3, 0.4) is 0 Å². The standard InChI is InChI=1S/C34H38N4O4/c1-2-42-33(41)34(20-24-10-4-3-5-11-24)16-9-17-38(23-34)32(40)30(19-27-22-36-29-15-7-6-14-28(27)29)37-31(39)26-13-8-12-25(18-26)21-35/h3-8,10-15,18,22,30,36H,2,9,16-17,19-21,23,35H2,1H3,(H,37,39)/t30?,34-/m0/s1. The van der Waals surface area contributed by atoms with E-state index in [1.165, 1.54) is 0 Å². The lowest BCUT2D eigenvalue weighted by Gasteiger charge is -2.42. The number of para-hydroxylation sites is 1. The van der Waals surface area contributed by atoms with Gasteiger partial charge in [0.15, 0.2) is 0 Å². The molecule has 1 saturated heterocycles. The molecule has 1 unspecified atom stereocenters. The summed E-state index contributed by atoms with van der Waals surface area (Å²) in [5.74, 6) is -0.853. The highest BCUT2D eigenvalue weighted by atomic mass is 16.5. The summed E-state index contributed by atoms with van der Waals surface area (Å²) in [6.45, 7) is 3.10. The average molecular weight is 567 g/mol. The Morgan fingerprint density at radius 2 is 1.79 bits per heavy atom. The van der Waals surface area contributed by atoms with Gasteiger partial charge in [-0.1, -0.05) is 60.7 Å². The molecule has 4 aromatic rings.